The van der Waals surface area contributed by atoms with Gasteiger partial charge in [-0.3, -0.25) is 0 Å². The first-order valence-electron chi connectivity index (χ1n) is 7.05. The van der Waals surface area contributed by atoms with E-state index in [1.54, 1.807) is 30.8 Å². The molecule has 0 aliphatic heterocycles. The average molecular weight is 312 g/mol. The molecule has 0 atom stereocenters. The van der Waals surface area contributed by atoms with Crippen molar-refractivity contribution in [2.75, 3.05) is 7.11 Å². The third-order valence-electron chi connectivity index (χ3n) is 3.62. The fourth-order valence-electron chi connectivity index (χ4n) is 2.46. The number of carboxylic acid groups (broad SMARTS) is 1. The van der Waals surface area contributed by atoms with E-state index >= 15 is 0 Å². The van der Waals surface area contributed by atoms with E-state index < -0.39 is 5.97 Å². The first kappa shape index (κ1) is 14.9. The standard InChI is InChI=1S/C17H16N2O4/c1-10-4-9-14(23-10)16-11(2)15(17(20)21)18-19(16)12-5-7-13(22-3)8-6-12/h4-9H,1-3H3,(H,20,21). The maximum atomic E-state index is 11.4. The second-order valence-electron chi connectivity index (χ2n) is 5.15. The van der Waals surface area contributed by atoms with E-state index in [9.17, 15) is 9.90 Å². The van der Waals surface area contributed by atoms with Gasteiger partial charge in [0.1, 0.15) is 17.2 Å². The van der Waals surface area contributed by atoms with Gasteiger partial charge in [0.05, 0.1) is 12.8 Å². The summed E-state index contributed by atoms with van der Waals surface area (Å²) >= 11 is 0. The van der Waals surface area contributed by atoms with Crippen LogP contribution in [0.25, 0.3) is 17.1 Å². The molecule has 0 amide bonds. The van der Waals surface area contributed by atoms with Crippen molar-refractivity contribution in [3.8, 4) is 22.9 Å². The minimum atomic E-state index is -1.07. The molecule has 0 spiro atoms. The Kier molecular flexibility index (Phi) is 3.65. The molecule has 1 aromatic carbocycles. The van der Waals surface area contributed by atoms with Crippen LogP contribution < -0.4 is 4.74 Å². The molecule has 1 N–H and O–H groups in total. The van der Waals surface area contributed by atoms with E-state index in [1.807, 2.05) is 31.2 Å². The Hall–Kier alpha value is -3.02. The monoisotopic (exact) mass is 312 g/mol. The molecule has 2 aromatic heterocycles. The quantitative estimate of drug-likeness (QED) is 0.798. The zero-order valence-electron chi connectivity index (χ0n) is 13.0. The number of hydrogen-bond acceptors (Lipinski definition) is 4. The van der Waals surface area contributed by atoms with Crippen molar-refractivity contribution < 1.29 is 19.1 Å². The second-order valence-corrected chi connectivity index (χ2v) is 5.15. The molecule has 0 unspecified atom stereocenters. The van der Waals surface area contributed by atoms with Crippen LogP contribution in [-0.4, -0.2) is 28.0 Å². The first-order chi connectivity index (χ1) is 11.0. The number of benzene rings is 1. The largest absolute Gasteiger partial charge is 0.497 e. The Morgan fingerprint density at radius 2 is 1.87 bits per heavy atom. The summed E-state index contributed by atoms with van der Waals surface area (Å²) in [7, 11) is 1.59. The number of rotatable bonds is 4. The van der Waals surface area contributed by atoms with Gasteiger partial charge < -0.3 is 14.3 Å². The van der Waals surface area contributed by atoms with Crippen LogP contribution in [-0.2, 0) is 0 Å². The lowest BCUT2D eigenvalue weighted by atomic mass is 10.1. The van der Waals surface area contributed by atoms with Crippen LogP contribution in [0.5, 0.6) is 5.75 Å². The molecule has 0 aliphatic rings. The average Bonchev–Trinajstić information content (AvgIpc) is 3.10. The van der Waals surface area contributed by atoms with Gasteiger partial charge in [-0.2, -0.15) is 5.10 Å². The van der Waals surface area contributed by atoms with Crippen molar-refractivity contribution in [3.63, 3.8) is 0 Å². The maximum Gasteiger partial charge on any atom is 0.356 e. The summed E-state index contributed by atoms with van der Waals surface area (Å²) in [6, 6.07) is 10.9. The van der Waals surface area contributed by atoms with Crippen LogP contribution in [0.15, 0.2) is 40.8 Å². The predicted octanol–water partition coefficient (Wildman–Crippen LogP) is 3.46. The van der Waals surface area contributed by atoms with Gasteiger partial charge in [0, 0.05) is 5.56 Å². The lowest BCUT2D eigenvalue weighted by molar-refractivity contribution is 0.0689. The third-order valence-corrected chi connectivity index (χ3v) is 3.62. The van der Waals surface area contributed by atoms with Crippen LogP contribution in [0.2, 0.25) is 0 Å². The SMILES string of the molecule is COc1ccc(-n2nc(C(=O)O)c(C)c2-c2ccc(C)o2)cc1. The number of nitrogens with zero attached hydrogens (tertiary/aromatic N) is 2. The van der Waals surface area contributed by atoms with E-state index in [2.05, 4.69) is 5.10 Å². The maximum absolute atomic E-state index is 11.4. The van der Waals surface area contributed by atoms with Crippen LogP contribution in [0.4, 0.5) is 0 Å². The molecule has 2 heterocycles. The summed E-state index contributed by atoms with van der Waals surface area (Å²) in [6.45, 7) is 3.56. The second kappa shape index (κ2) is 5.64. The zero-order chi connectivity index (χ0) is 16.6. The summed E-state index contributed by atoms with van der Waals surface area (Å²) in [5.41, 5.74) is 1.92. The smallest absolute Gasteiger partial charge is 0.356 e. The number of ether oxygens (including phenoxy) is 1. The highest BCUT2D eigenvalue weighted by molar-refractivity contribution is 5.89. The lowest BCUT2D eigenvalue weighted by Crippen LogP contribution is -2.02. The molecule has 0 saturated heterocycles. The topological polar surface area (TPSA) is 77.5 Å². The molecule has 6 nitrogen and oxygen atoms in total. The fraction of sp³-hybridized carbons (Fsp3) is 0.176. The summed E-state index contributed by atoms with van der Waals surface area (Å²) < 4.78 is 12.4. The number of furan rings is 1. The highest BCUT2D eigenvalue weighted by Crippen LogP contribution is 2.30. The van der Waals surface area contributed by atoms with Gasteiger partial charge in [0.15, 0.2) is 11.5 Å². The van der Waals surface area contributed by atoms with E-state index in [4.69, 9.17) is 9.15 Å². The van der Waals surface area contributed by atoms with Gasteiger partial charge >= 0.3 is 5.97 Å². The summed E-state index contributed by atoms with van der Waals surface area (Å²) in [5.74, 6) is 0.973. The minimum Gasteiger partial charge on any atom is -0.497 e. The summed E-state index contributed by atoms with van der Waals surface area (Å²) in [6.07, 6.45) is 0. The number of aromatic nitrogens is 2. The normalized spacial score (nSPS) is 10.7. The van der Waals surface area contributed by atoms with Crippen molar-refractivity contribution >= 4 is 5.97 Å². The van der Waals surface area contributed by atoms with E-state index in [0.29, 0.717) is 22.8 Å². The number of aryl methyl sites for hydroxylation is 1. The number of carbonyl (C=O) groups is 1. The summed E-state index contributed by atoms with van der Waals surface area (Å²) in [4.78, 5) is 11.4. The Bertz CT molecular complexity index is 859. The molecular formula is C17H16N2O4. The molecule has 3 rings (SSSR count). The van der Waals surface area contributed by atoms with Gasteiger partial charge in [-0.1, -0.05) is 0 Å². The van der Waals surface area contributed by atoms with Gasteiger partial charge in [0.2, 0.25) is 0 Å². The Balaban J connectivity index is 2.21. The highest BCUT2D eigenvalue weighted by atomic mass is 16.5. The molecule has 0 bridgehead atoms. The predicted molar refractivity (Wildman–Crippen MR) is 84.3 cm³/mol. The molecule has 23 heavy (non-hydrogen) atoms. The van der Waals surface area contributed by atoms with Crippen molar-refractivity contribution in [1.29, 1.82) is 0 Å². The molecular weight excluding hydrogens is 296 g/mol. The molecule has 0 aliphatic carbocycles. The third kappa shape index (κ3) is 2.59. The van der Waals surface area contributed by atoms with Crippen LogP contribution >= 0.6 is 0 Å². The zero-order valence-corrected chi connectivity index (χ0v) is 13.0. The minimum absolute atomic E-state index is 0.00451. The number of hydrogen-bond donors (Lipinski definition) is 1. The number of aromatic carboxylic acids is 1. The van der Waals surface area contributed by atoms with E-state index in [1.165, 1.54) is 0 Å². The van der Waals surface area contributed by atoms with E-state index in [-0.39, 0.29) is 5.69 Å². The summed E-state index contributed by atoms with van der Waals surface area (Å²) in [5, 5.41) is 13.6. The first-order valence-corrected chi connectivity index (χ1v) is 7.05. The van der Waals surface area contributed by atoms with Crippen LogP contribution in [0.1, 0.15) is 21.8 Å². The van der Waals surface area contributed by atoms with Gasteiger partial charge in [-0.05, 0) is 50.2 Å². The van der Waals surface area contributed by atoms with Crippen molar-refractivity contribution in [3.05, 3.63) is 53.4 Å². The molecule has 118 valence electrons. The molecule has 6 heteroatoms. The molecule has 3 aromatic rings. The Morgan fingerprint density at radius 3 is 2.39 bits per heavy atom. The number of carboxylic acids is 1. The van der Waals surface area contributed by atoms with Gasteiger partial charge in [-0.25, -0.2) is 9.48 Å². The Labute approximate surface area is 132 Å². The van der Waals surface area contributed by atoms with Crippen molar-refractivity contribution in [2.24, 2.45) is 0 Å². The fourth-order valence-corrected chi connectivity index (χ4v) is 2.46. The van der Waals surface area contributed by atoms with Crippen molar-refractivity contribution in [2.45, 2.75) is 13.8 Å². The van der Waals surface area contributed by atoms with Gasteiger partial charge in [0.25, 0.3) is 0 Å². The van der Waals surface area contributed by atoms with Crippen molar-refractivity contribution in [1.82, 2.24) is 9.78 Å². The number of methoxy groups -OCH3 is 1. The lowest BCUT2D eigenvalue weighted by Gasteiger charge is -2.07. The van der Waals surface area contributed by atoms with Crippen LogP contribution in [0, 0.1) is 13.8 Å². The van der Waals surface area contributed by atoms with Crippen LogP contribution in [0.3, 0.4) is 0 Å². The Morgan fingerprint density at radius 1 is 1.17 bits per heavy atom. The van der Waals surface area contributed by atoms with Gasteiger partial charge in [-0.15, -0.1) is 0 Å². The molecule has 0 saturated carbocycles. The molecule has 0 radical (unpaired) electrons. The van der Waals surface area contributed by atoms with E-state index in [0.717, 1.165) is 11.4 Å². The molecule has 0 fully saturated rings. The highest BCUT2D eigenvalue weighted by Gasteiger charge is 2.23.